The molecule has 1 aliphatic rings. The normalized spacial score (nSPS) is 19.3. The van der Waals surface area contributed by atoms with Crippen molar-refractivity contribution in [1.82, 2.24) is 4.98 Å². The number of halogens is 1. The topological polar surface area (TPSA) is 47.0 Å². The minimum absolute atomic E-state index is 0.0312. The first-order valence-electron chi connectivity index (χ1n) is 7.83. The number of nitrogens with zero attached hydrogens (tertiary/aromatic N) is 1. The summed E-state index contributed by atoms with van der Waals surface area (Å²) in [5, 5.41) is 0. The summed E-state index contributed by atoms with van der Waals surface area (Å²) >= 11 is 3.39. The number of Topliss-reactive ketones (excluding diaryl/α,β-unsaturated/α-hetero) is 2. The molecule has 24 heavy (non-hydrogen) atoms. The average molecular weight is 384 g/mol. The second kappa shape index (κ2) is 6.44. The Balaban J connectivity index is 2.02. The molecule has 1 atom stereocenters. The van der Waals surface area contributed by atoms with Crippen LogP contribution in [-0.4, -0.2) is 16.6 Å². The molecule has 1 aliphatic carbocycles. The van der Waals surface area contributed by atoms with Gasteiger partial charge in [0.1, 0.15) is 5.92 Å². The van der Waals surface area contributed by atoms with E-state index in [1.54, 1.807) is 12.3 Å². The Morgan fingerprint density at radius 3 is 2.42 bits per heavy atom. The number of aromatic nitrogens is 1. The minimum atomic E-state index is -0.677. The van der Waals surface area contributed by atoms with Gasteiger partial charge in [-0.25, -0.2) is 0 Å². The molecule has 3 rings (SSSR count). The summed E-state index contributed by atoms with van der Waals surface area (Å²) in [6, 6.07) is 7.72. The smallest absolute Gasteiger partial charge is 0.174 e. The lowest BCUT2D eigenvalue weighted by atomic mass is 9.87. The van der Waals surface area contributed by atoms with Gasteiger partial charge in [0.25, 0.3) is 0 Å². The Labute approximate surface area is 149 Å². The fourth-order valence-corrected chi connectivity index (χ4v) is 3.80. The van der Waals surface area contributed by atoms with Gasteiger partial charge in [0.05, 0.1) is 5.69 Å². The van der Waals surface area contributed by atoms with Gasteiger partial charge in [0.15, 0.2) is 11.6 Å². The van der Waals surface area contributed by atoms with E-state index in [1.165, 1.54) is 0 Å². The molecule has 1 unspecified atom stereocenters. The molecule has 0 saturated heterocycles. The molecule has 0 radical (unpaired) electrons. The highest BCUT2D eigenvalue weighted by Crippen LogP contribution is 2.36. The summed E-state index contributed by atoms with van der Waals surface area (Å²) in [5.41, 5.74) is 5.22. The lowest BCUT2D eigenvalue weighted by molar-refractivity contribution is -0.123. The third-order valence-electron chi connectivity index (χ3n) is 4.36. The van der Waals surface area contributed by atoms with E-state index in [-0.39, 0.29) is 18.0 Å². The van der Waals surface area contributed by atoms with Crippen LogP contribution in [0.15, 0.2) is 40.5 Å². The SMILES string of the molecule is Cc1cc(C)c(C2C(=O)CC(=Cc3cc(Br)ccn3)C2=O)c(C)c1. The Morgan fingerprint density at radius 2 is 1.79 bits per heavy atom. The molecule has 0 spiro atoms. The zero-order valence-corrected chi connectivity index (χ0v) is 15.5. The monoisotopic (exact) mass is 383 g/mol. The average Bonchev–Trinajstić information content (AvgIpc) is 2.74. The zero-order valence-electron chi connectivity index (χ0n) is 13.9. The molecular formula is C20H18BrNO2. The van der Waals surface area contributed by atoms with Crippen molar-refractivity contribution in [2.45, 2.75) is 33.1 Å². The Morgan fingerprint density at radius 1 is 1.12 bits per heavy atom. The molecule has 0 N–H and O–H groups in total. The van der Waals surface area contributed by atoms with Crippen LogP contribution in [0.2, 0.25) is 0 Å². The van der Waals surface area contributed by atoms with Crippen molar-refractivity contribution in [2.75, 3.05) is 0 Å². The quantitative estimate of drug-likeness (QED) is 0.567. The van der Waals surface area contributed by atoms with Gasteiger partial charge in [0, 0.05) is 22.7 Å². The van der Waals surface area contributed by atoms with Crippen molar-refractivity contribution in [3.63, 3.8) is 0 Å². The summed E-state index contributed by atoms with van der Waals surface area (Å²) in [7, 11) is 0. The van der Waals surface area contributed by atoms with Crippen molar-refractivity contribution in [2.24, 2.45) is 0 Å². The van der Waals surface area contributed by atoms with Crippen LogP contribution in [-0.2, 0) is 9.59 Å². The first-order valence-corrected chi connectivity index (χ1v) is 8.63. The summed E-state index contributed by atoms with van der Waals surface area (Å²) in [5.74, 6) is -0.808. The Bertz CT molecular complexity index is 860. The molecule has 1 aromatic heterocycles. The number of pyridine rings is 1. The van der Waals surface area contributed by atoms with E-state index in [4.69, 9.17) is 0 Å². The largest absolute Gasteiger partial charge is 0.298 e. The van der Waals surface area contributed by atoms with Crippen molar-refractivity contribution in [3.05, 3.63) is 68.5 Å². The van der Waals surface area contributed by atoms with Gasteiger partial charge in [-0.2, -0.15) is 0 Å². The third-order valence-corrected chi connectivity index (χ3v) is 4.85. The van der Waals surface area contributed by atoms with Crippen LogP contribution >= 0.6 is 15.9 Å². The molecule has 0 aliphatic heterocycles. The van der Waals surface area contributed by atoms with Crippen LogP contribution in [0.4, 0.5) is 0 Å². The predicted molar refractivity (Wildman–Crippen MR) is 97.9 cm³/mol. The maximum Gasteiger partial charge on any atom is 0.174 e. The highest BCUT2D eigenvalue weighted by molar-refractivity contribution is 9.10. The molecule has 1 aromatic carbocycles. The first-order chi connectivity index (χ1) is 11.4. The molecule has 2 aromatic rings. The number of hydrogen-bond donors (Lipinski definition) is 0. The van der Waals surface area contributed by atoms with Crippen LogP contribution in [0.25, 0.3) is 6.08 Å². The van der Waals surface area contributed by atoms with Crippen LogP contribution < -0.4 is 0 Å². The summed E-state index contributed by atoms with van der Waals surface area (Å²) in [4.78, 5) is 29.7. The summed E-state index contributed by atoms with van der Waals surface area (Å²) in [6.07, 6.45) is 3.57. The minimum Gasteiger partial charge on any atom is -0.298 e. The molecule has 1 saturated carbocycles. The number of carbonyl (C=O) groups is 2. The molecule has 4 heteroatoms. The van der Waals surface area contributed by atoms with Gasteiger partial charge >= 0.3 is 0 Å². The highest BCUT2D eigenvalue weighted by Gasteiger charge is 2.39. The molecule has 122 valence electrons. The van der Waals surface area contributed by atoms with Gasteiger partial charge in [0.2, 0.25) is 0 Å². The number of rotatable bonds is 2. The number of carbonyl (C=O) groups excluding carboxylic acids is 2. The summed E-state index contributed by atoms with van der Waals surface area (Å²) < 4.78 is 0.892. The number of aryl methyl sites for hydroxylation is 3. The molecule has 1 heterocycles. The van der Waals surface area contributed by atoms with Gasteiger partial charge in [-0.05, 0) is 55.7 Å². The maximum atomic E-state index is 12.9. The van der Waals surface area contributed by atoms with E-state index in [9.17, 15) is 9.59 Å². The number of benzene rings is 1. The van der Waals surface area contributed by atoms with E-state index in [1.807, 2.05) is 45.0 Å². The van der Waals surface area contributed by atoms with Crippen LogP contribution in [0.3, 0.4) is 0 Å². The van der Waals surface area contributed by atoms with Crippen LogP contribution in [0.5, 0.6) is 0 Å². The van der Waals surface area contributed by atoms with Crippen LogP contribution in [0.1, 0.15) is 40.3 Å². The standard InChI is InChI=1S/C20H18BrNO2/c1-11-6-12(2)18(13(3)7-11)19-17(23)9-14(20(19)24)8-16-10-15(21)4-5-22-16/h4-8,10,19H,9H2,1-3H3. The van der Waals surface area contributed by atoms with Crippen molar-refractivity contribution >= 4 is 33.6 Å². The van der Waals surface area contributed by atoms with E-state index < -0.39 is 5.92 Å². The maximum absolute atomic E-state index is 12.9. The predicted octanol–water partition coefficient (Wildman–Crippen LogP) is 4.48. The molecule has 1 fully saturated rings. The van der Waals surface area contributed by atoms with E-state index in [0.717, 1.165) is 26.7 Å². The van der Waals surface area contributed by atoms with Crippen LogP contribution in [0, 0.1) is 20.8 Å². The lowest BCUT2D eigenvalue weighted by Crippen LogP contribution is -2.15. The van der Waals surface area contributed by atoms with E-state index >= 15 is 0 Å². The molecule has 3 nitrogen and oxygen atoms in total. The molecule has 0 bridgehead atoms. The number of hydrogen-bond acceptors (Lipinski definition) is 3. The molecule has 0 amide bonds. The Hall–Kier alpha value is -2.07. The fraction of sp³-hybridized carbons (Fsp3) is 0.250. The van der Waals surface area contributed by atoms with Crippen molar-refractivity contribution < 1.29 is 9.59 Å². The van der Waals surface area contributed by atoms with Crippen molar-refractivity contribution in [1.29, 1.82) is 0 Å². The van der Waals surface area contributed by atoms with E-state index in [0.29, 0.717) is 11.3 Å². The molecular weight excluding hydrogens is 366 g/mol. The fourth-order valence-electron chi connectivity index (χ4n) is 3.45. The third kappa shape index (κ3) is 3.11. The highest BCUT2D eigenvalue weighted by atomic mass is 79.9. The van der Waals surface area contributed by atoms with Gasteiger partial charge in [-0.15, -0.1) is 0 Å². The van der Waals surface area contributed by atoms with Gasteiger partial charge in [-0.1, -0.05) is 33.6 Å². The van der Waals surface area contributed by atoms with E-state index in [2.05, 4.69) is 20.9 Å². The van der Waals surface area contributed by atoms with Gasteiger partial charge in [-0.3, -0.25) is 14.6 Å². The number of ketones is 2. The second-order valence-electron chi connectivity index (χ2n) is 6.32. The second-order valence-corrected chi connectivity index (χ2v) is 7.24. The van der Waals surface area contributed by atoms with Crippen molar-refractivity contribution in [3.8, 4) is 0 Å². The summed E-state index contributed by atoms with van der Waals surface area (Å²) in [6.45, 7) is 5.95. The number of allylic oxidation sites excluding steroid dienone is 1. The first kappa shape index (κ1) is 16.8. The zero-order chi connectivity index (χ0) is 17.4. The lowest BCUT2D eigenvalue weighted by Gasteiger charge is -2.15. The van der Waals surface area contributed by atoms with Gasteiger partial charge < -0.3 is 0 Å². The Kier molecular flexibility index (Phi) is 4.50.